The predicted octanol–water partition coefficient (Wildman–Crippen LogP) is 2.15. The number of aromatic nitrogens is 2. The Bertz CT molecular complexity index is 564. The fourth-order valence-corrected chi connectivity index (χ4v) is 1.77. The van der Waals surface area contributed by atoms with Gasteiger partial charge in [0.15, 0.2) is 0 Å². The molecular weight excluding hydrogens is 200 g/mol. The number of rotatable bonds is 2. The van der Waals surface area contributed by atoms with Crippen LogP contribution >= 0.6 is 0 Å². The first-order chi connectivity index (χ1) is 7.59. The van der Waals surface area contributed by atoms with E-state index in [1.54, 1.807) is 4.68 Å². The number of nitrogens with one attached hydrogen (secondary N) is 1. The number of hydrogen-bond donors (Lipinski definition) is 1. The molecule has 84 valence electrons. The molecule has 0 bridgehead atoms. The lowest BCUT2D eigenvalue weighted by Crippen LogP contribution is -2.19. The number of benzene rings is 1. The summed E-state index contributed by atoms with van der Waals surface area (Å²) in [6, 6.07) is 8.11. The van der Waals surface area contributed by atoms with E-state index < -0.39 is 0 Å². The quantitative estimate of drug-likeness (QED) is 0.820. The van der Waals surface area contributed by atoms with Crippen molar-refractivity contribution in [3.8, 4) is 0 Å². The zero-order chi connectivity index (χ0) is 11.7. The standard InChI is InChI=1S/C13H16N2O/c1-9-6-4-5-7-12(9)8-15-13(16)10(2)11(3)14-15/h4-7,14H,8H2,1-3H3. The van der Waals surface area contributed by atoms with Crippen molar-refractivity contribution >= 4 is 0 Å². The van der Waals surface area contributed by atoms with Crippen LogP contribution in [0.15, 0.2) is 29.1 Å². The van der Waals surface area contributed by atoms with Crippen LogP contribution in [0.4, 0.5) is 0 Å². The SMILES string of the molecule is Cc1ccccc1Cn1[nH]c(C)c(C)c1=O. The fraction of sp³-hybridized carbons (Fsp3) is 0.308. The lowest BCUT2D eigenvalue weighted by atomic mass is 10.1. The zero-order valence-corrected chi connectivity index (χ0v) is 9.87. The summed E-state index contributed by atoms with van der Waals surface area (Å²) >= 11 is 0. The number of aromatic amines is 1. The number of H-pyrrole nitrogens is 1. The van der Waals surface area contributed by atoms with E-state index >= 15 is 0 Å². The molecule has 2 aromatic rings. The highest BCUT2D eigenvalue weighted by Crippen LogP contribution is 2.08. The first kappa shape index (κ1) is 10.7. The second-order valence-corrected chi connectivity index (χ2v) is 4.18. The molecule has 0 aliphatic rings. The molecule has 1 N–H and O–H groups in total. The van der Waals surface area contributed by atoms with E-state index in [1.807, 2.05) is 32.0 Å². The first-order valence-corrected chi connectivity index (χ1v) is 5.40. The van der Waals surface area contributed by atoms with Gasteiger partial charge in [0.05, 0.1) is 6.54 Å². The second kappa shape index (κ2) is 4.00. The molecule has 0 saturated carbocycles. The van der Waals surface area contributed by atoms with Crippen LogP contribution in [0.25, 0.3) is 0 Å². The summed E-state index contributed by atoms with van der Waals surface area (Å²) < 4.78 is 1.66. The fourth-order valence-electron chi connectivity index (χ4n) is 1.77. The highest BCUT2D eigenvalue weighted by Gasteiger charge is 2.07. The zero-order valence-electron chi connectivity index (χ0n) is 9.87. The summed E-state index contributed by atoms with van der Waals surface area (Å²) in [4.78, 5) is 11.8. The van der Waals surface area contributed by atoms with Crippen LogP contribution in [0.1, 0.15) is 22.4 Å². The van der Waals surface area contributed by atoms with Gasteiger partial charge in [-0.15, -0.1) is 0 Å². The smallest absolute Gasteiger partial charge is 0.269 e. The maximum Gasteiger partial charge on any atom is 0.269 e. The maximum atomic E-state index is 11.8. The molecule has 3 nitrogen and oxygen atoms in total. The molecule has 0 atom stereocenters. The largest absolute Gasteiger partial charge is 0.299 e. The van der Waals surface area contributed by atoms with E-state index in [0.29, 0.717) is 6.54 Å². The van der Waals surface area contributed by atoms with Crippen molar-refractivity contribution in [2.24, 2.45) is 0 Å². The first-order valence-electron chi connectivity index (χ1n) is 5.40. The van der Waals surface area contributed by atoms with Crippen LogP contribution < -0.4 is 5.56 Å². The molecule has 1 aromatic carbocycles. The van der Waals surface area contributed by atoms with Crippen molar-refractivity contribution in [2.75, 3.05) is 0 Å². The average molecular weight is 216 g/mol. The van der Waals surface area contributed by atoms with Gasteiger partial charge < -0.3 is 0 Å². The summed E-state index contributed by atoms with van der Waals surface area (Å²) in [5.74, 6) is 0. The van der Waals surface area contributed by atoms with E-state index in [-0.39, 0.29) is 5.56 Å². The van der Waals surface area contributed by atoms with Crippen LogP contribution in [0, 0.1) is 20.8 Å². The third-order valence-corrected chi connectivity index (χ3v) is 3.02. The Morgan fingerprint density at radius 1 is 1.19 bits per heavy atom. The highest BCUT2D eigenvalue weighted by molar-refractivity contribution is 5.26. The van der Waals surface area contributed by atoms with Gasteiger partial charge in [0.25, 0.3) is 5.56 Å². The molecule has 16 heavy (non-hydrogen) atoms. The molecule has 1 heterocycles. The van der Waals surface area contributed by atoms with Gasteiger partial charge in [0.1, 0.15) is 0 Å². The Balaban J connectivity index is 2.38. The minimum atomic E-state index is 0.0701. The monoisotopic (exact) mass is 216 g/mol. The normalized spacial score (nSPS) is 10.7. The van der Waals surface area contributed by atoms with E-state index in [1.165, 1.54) is 11.1 Å². The van der Waals surface area contributed by atoms with Crippen molar-refractivity contribution in [2.45, 2.75) is 27.3 Å². The highest BCUT2D eigenvalue weighted by atomic mass is 16.1. The van der Waals surface area contributed by atoms with Crippen LogP contribution in [-0.2, 0) is 6.54 Å². The number of aryl methyl sites for hydroxylation is 2. The minimum Gasteiger partial charge on any atom is -0.299 e. The maximum absolute atomic E-state index is 11.8. The van der Waals surface area contributed by atoms with Gasteiger partial charge in [-0.1, -0.05) is 24.3 Å². The van der Waals surface area contributed by atoms with Crippen molar-refractivity contribution in [3.63, 3.8) is 0 Å². The molecule has 0 fully saturated rings. The minimum absolute atomic E-state index is 0.0701. The van der Waals surface area contributed by atoms with Gasteiger partial charge in [0, 0.05) is 11.3 Å². The van der Waals surface area contributed by atoms with Crippen molar-refractivity contribution in [1.82, 2.24) is 9.78 Å². The summed E-state index contributed by atoms with van der Waals surface area (Å²) in [7, 11) is 0. The third kappa shape index (κ3) is 1.81. The Morgan fingerprint density at radius 3 is 2.44 bits per heavy atom. The molecule has 3 heteroatoms. The Morgan fingerprint density at radius 2 is 1.88 bits per heavy atom. The van der Waals surface area contributed by atoms with Gasteiger partial charge in [-0.2, -0.15) is 0 Å². The number of nitrogens with zero attached hydrogens (tertiary/aromatic N) is 1. The van der Waals surface area contributed by atoms with Crippen LogP contribution in [0.5, 0.6) is 0 Å². The molecule has 0 aliphatic heterocycles. The molecule has 0 spiro atoms. The van der Waals surface area contributed by atoms with E-state index in [2.05, 4.69) is 18.1 Å². The third-order valence-electron chi connectivity index (χ3n) is 3.02. The molecule has 0 unspecified atom stereocenters. The topological polar surface area (TPSA) is 37.8 Å². The summed E-state index contributed by atoms with van der Waals surface area (Å²) in [6.45, 7) is 6.44. The molecule has 0 radical (unpaired) electrons. The lowest BCUT2D eigenvalue weighted by Gasteiger charge is -2.05. The van der Waals surface area contributed by atoms with E-state index in [0.717, 1.165) is 11.3 Å². The molecule has 0 saturated heterocycles. The van der Waals surface area contributed by atoms with Crippen LogP contribution in [0.3, 0.4) is 0 Å². The van der Waals surface area contributed by atoms with Crippen molar-refractivity contribution < 1.29 is 0 Å². The number of hydrogen-bond acceptors (Lipinski definition) is 1. The van der Waals surface area contributed by atoms with Gasteiger partial charge in [0.2, 0.25) is 0 Å². The van der Waals surface area contributed by atoms with Crippen molar-refractivity contribution in [3.05, 3.63) is 57.0 Å². The Kier molecular flexibility index (Phi) is 2.69. The van der Waals surface area contributed by atoms with Crippen LogP contribution in [-0.4, -0.2) is 9.78 Å². The Labute approximate surface area is 94.7 Å². The summed E-state index contributed by atoms with van der Waals surface area (Å²) in [5, 5.41) is 3.09. The van der Waals surface area contributed by atoms with Gasteiger partial charge in [-0.3, -0.25) is 9.89 Å². The van der Waals surface area contributed by atoms with Gasteiger partial charge >= 0.3 is 0 Å². The molecule has 0 aliphatic carbocycles. The van der Waals surface area contributed by atoms with Gasteiger partial charge in [-0.05, 0) is 31.9 Å². The second-order valence-electron chi connectivity index (χ2n) is 4.18. The van der Waals surface area contributed by atoms with Crippen molar-refractivity contribution in [1.29, 1.82) is 0 Å². The molecular formula is C13H16N2O. The molecule has 1 aromatic heterocycles. The summed E-state index contributed by atoms with van der Waals surface area (Å²) in [6.07, 6.45) is 0. The van der Waals surface area contributed by atoms with E-state index in [9.17, 15) is 4.79 Å². The predicted molar refractivity (Wildman–Crippen MR) is 64.8 cm³/mol. The van der Waals surface area contributed by atoms with E-state index in [4.69, 9.17) is 0 Å². The molecule has 0 amide bonds. The average Bonchev–Trinajstić information content (AvgIpc) is 2.50. The Hall–Kier alpha value is -1.77. The summed E-state index contributed by atoms with van der Waals surface area (Å²) in [5.41, 5.74) is 4.19. The van der Waals surface area contributed by atoms with Gasteiger partial charge in [-0.25, -0.2) is 4.68 Å². The lowest BCUT2D eigenvalue weighted by molar-refractivity contribution is 0.655. The molecule has 2 rings (SSSR count). The van der Waals surface area contributed by atoms with Crippen LogP contribution in [0.2, 0.25) is 0 Å².